The summed E-state index contributed by atoms with van der Waals surface area (Å²) in [6.07, 6.45) is 5.50. The Labute approximate surface area is 138 Å². The number of nitrogens with one attached hydrogen (secondary N) is 2. The maximum atomic E-state index is 5.67. The summed E-state index contributed by atoms with van der Waals surface area (Å²) < 4.78 is 11.3. The van der Waals surface area contributed by atoms with Gasteiger partial charge in [-0.15, -0.1) is 0 Å². The molecule has 1 saturated heterocycles. The summed E-state index contributed by atoms with van der Waals surface area (Å²) in [7, 11) is 1.78. The molecule has 1 fully saturated rings. The Bertz CT molecular complexity index is 511. The van der Waals surface area contributed by atoms with E-state index < -0.39 is 0 Å². The average molecular weight is 317 g/mol. The van der Waals surface area contributed by atoms with Crippen LogP contribution in [0.3, 0.4) is 0 Å². The largest absolute Gasteiger partial charge is 0.489 e. The van der Waals surface area contributed by atoms with Crippen molar-refractivity contribution in [3.8, 4) is 5.75 Å². The van der Waals surface area contributed by atoms with E-state index in [0.29, 0.717) is 19.3 Å². The van der Waals surface area contributed by atoms with Gasteiger partial charge in [0, 0.05) is 32.3 Å². The number of para-hydroxylation sites is 1. The summed E-state index contributed by atoms with van der Waals surface area (Å²) in [5, 5.41) is 6.65. The number of guanidine groups is 1. The van der Waals surface area contributed by atoms with Gasteiger partial charge in [-0.1, -0.05) is 30.9 Å². The molecule has 1 heterocycles. The molecular formula is C18H27N3O2. The van der Waals surface area contributed by atoms with E-state index in [2.05, 4.69) is 22.2 Å². The molecule has 1 aromatic carbocycles. The highest BCUT2D eigenvalue weighted by atomic mass is 16.5. The van der Waals surface area contributed by atoms with Crippen LogP contribution in [0.25, 0.3) is 0 Å². The van der Waals surface area contributed by atoms with E-state index in [1.165, 1.54) is 12.8 Å². The van der Waals surface area contributed by atoms with Gasteiger partial charge in [-0.25, -0.2) is 0 Å². The van der Waals surface area contributed by atoms with E-state index in [4.69, 9.17) is 9.47 Å². The second-order valence-corrected chi connectivity index (χ2v) is 5.48. The third-order valence-electron chi connectivity index (χ3n) is 3.78. The lowest BCUT2D eigenvalue weighted by Crippen LogP contribution is -2.38. The number of hydrogen-bond donors (Lipinski definition) is 2. The lowest BCUT2D eigenvalue weighted by atomic mass is 10.2. The lowest BCUT2D eigenvalue weighted by Gasteiger charge is -2.15. The summed E-state index contributed by atoms with van der Waals surface area (Å²) >= 11 is 0. The van der Waals surface area contributed by atoms with Crippen LogP contribution < -0.4 is 15.4 Å². The Kier molecular flexibility index (Phi) is 7.46. The molecule has 1 aliphatic rings. The fraction of sp³-hybridized carbons (Fsp3) is 0.500. The average Bonchev–Trinajstić information content (AvgIpc) is 3.10. The van der Waals surface area contributed by atoms with Gasteiger partial charge in [-0.05, 0) is 25.3 Å². The molecule has 126 valence electrons. The van der Waals surface area contributed by atoms with Crippen molar-refractivity contribution in [2.75, 3.05) is 26.8 Å². The topological polar surface area (TPSA) is 54.9 Å². The number of aliphatic imine (C=N–C) groups is 1. The molecule has 0 aliphatic carbocycles. The zero-order valence-corrected chi connectivity index (χ0v) is 13.9. The standard InChI is InChI=1S/C18H27N3O2/c1-3-12-23-17-9-5-4-7-15(17)14-21-18(19-2)20-11-10-16-8-6-13-22-16/h3-5,7,9,16H,1,6,8,10-14H2,2H3,(H2,19,20,21). The normalized spacial score (nSPS) is 17.8. The molecule has 1 atom stereocenters. The van der Waals surface area contributed by atoms with Crippen LogP contribution in [0, 0.1) is 0 Å². The van der Waals surface area contributed by atoms with Crippen molar-refractivity contribution < 1.29 is 9.47 Å². The third kappa shape index (κ3) is 5.94. The number of ether oxygens (including phenoxy) is 2. The van der Waals surface area contributed by atoms with Crippen molar-refractivity contribution in [2.24, 2.45) is 4.99 Å². The second-order valence-electron chi connectivity index (χ2n) is 5.48. The Morgan fingerprint density at radius 3 is 3.04 bits per heavy atom. The zero-order chi connectivity index (χ0) is 16.3. The van der Waals surface area contributed by atoms with Gasteiger partial charge in [0.25, 0.3) is 0 Å². The van der Waals surface area contributed by atoms with Gasteiger partial charge in [0.2, 0.25) is 0 Å². The Hall–Kier alpha value is -2.01. The molecule has 5 heteroatoms. The predicted molar refractivity (Wildman–Crippen MR) is 93.9 cm³/mol. The van der Waals surface area contributed by atoms with Crippen LogP contribution in [0.5, 0.6) is 5.75 Å². The first-order valence-corrected chi connectivity index (χ1v) is 8.21. The van der Waals surface area contributed by atoms with Gasteiger partial charge in [-0.2, -0.15) is 0 Å². The Morgan fingerprint density at radius 2 is 2.30 bits per heavy atom. The van der Waals surface area contributed by atoms with Crippen LogP contribution in [0.4, 0.5) is 0 Å². The van der Waals surface area contributed by atoms with E-state index in [1.807, 2.05) is 24.3 Å². The number of benzene rings is 1. The summed E-state index contributed by atoms with van der Waals surface area (Å²) in [6, 6.07) is 7.99. The van der Waals surface area contributed by atoms with Crippen LogP contribution in [-0.4, -0.2) is 38.9 Å². The van der Waals surface area contributed by atoms with Crippen molar-refractivity contribution in [2.45, 2.75) is 31.9 Å². The van der Waals surface area contributed by atoms with Crippen molar-refractivity contribution in [3.05, 3.63) is 42.5 Å². The van der Waals surface area contributed by atoms with E-state index in [-0.39, 0.29) is 0 Å². The van der Waals surface area contributed by atoms with Crippen molar-refractivity contribution in [3.63, 3.8) is 0 Å². The summed E-state index contributed by atoms with van der Waals surface area (Å²) in [6.45, 7) is 6.61. The highest BCUT2D eigenvalue weighted by Gasteiger charge is 2.14. The van der Waals surface area contributed by atoms with E-state index in [0.717, 1.165) is 36.8 Å². The van der Waals surface area contributed by atoms with E-state index in [1.54, 1.807) is 13.1 Å². The molecule has 0 saturated carbocycles. The smallest absolute Gasteiger partial charge is 0.191 e. The maximum absolute atomic E-state index is 5.67. The first-order valence-electron chi connectivity index (χ1n) is 8.21. The Balaban J connectivity index is 1.77. The SMILES string of the molecule is C=CCOc1ccccc1CNC(=NC)NCCC1CCCO1. The first-order chi connectivity index (χ1) is 11.3. The van der Waals surface area contributed by atoms with Gasteiger partial charge < -0.3 is 20.1 Å². The third-order valence-corrected chi connectivity index (χ3v) is 3.78. The minimum absolute atomic E-state index is 0.397. The minimum Gasteiger partial charge on any atom is -0.489 e. The van der Waals surface area contributed by atoms with Crippen LogP contribution in [-0.2, 0) is 11.3 Å². The molecule has 2 N–H and O–H groups in total. The molecule has 23 heavy (non-hydrogen) atoms. The molecule has 0 spiro atoms. The van der Waals surface area contributed by atoms with Crippen LogP contribution in [0.2, 0.25) is 0 Å². The van der Waals surface area contributed by atoms with Crippen LogP contribution in [0.15, 0.2) is 41.9 Å². The van der Waals surface area contributed by atoms with Gasteiger partial charge in [0.15, 0.2) is 5.96 Å². The molecule has 0 radical (unpaired) electrons. The molecule has 1 unspecified atom stereocenters. The molecule has 2 rings (SSSR count). The minimum atomic E-state index is 0.397. The van der Waals surface area contributed by atoms with Crippen LogP contribution >= 0.6 is 0 Å². The molecule has 5 nitrogen and oxygen atoms in total. The van der Waals surface area contributed by atoms with Crippen LogP contribution in [0.1, 0.15) is 24.8 Å². The highest BCUT2D eigenvalue weighted by Crippen LogP contribution is 2.17. The zero-order valence-electron chi connectivity index (χ0n) is 13.9. The number of nitrogens with zero attached hydrogens (tertiary/aromatic N) is 1. The summed E-state index contributed by atoms with van der Waals surface area (Å²) in [5.41, 5.74) is 1.09. The van der Waals surface area contributed by atoms with Gasteiger partial charge in [-0.3, -0.25) is 4.99 Å². The fourth-order valence-corrected chi connectivity index (χ4v) is 2.56. The van der Waals surface area contributed by atoms with Gasteiger partial charge >= 0.3 is 0 Å². The molecule has 1 aromatic rings. The molecule has 0 bridgehead atoms. The second kappa shape index (κ2) is 9.90. The summed E-state index contributed by atoms with van der Waals surface area (Å²) in [4.78, 5) is 4.26. The summed E-state index contributed by atoms with van der Waals surface area (Å²) in [5.74, 6) is 1.66. The quantitative estimate of drug-likeness (QED) is 0.439. The maximum Gasteiger partial charge on any atom is 0.191 e. The van der Waals surface area contributed by atoms with Crippen molar-refractivity contribution in [1.82, 2.24) is 10.6 Å². The Morgan fingerprint density at radius 1 is 1.43 bits per heavy atom. The first kappa shape index (κ1) is 17.3. The molecule has 0 amide bonds. The monoisotopic (exact) mass is 317 g/mol. The predicted octanol–water partition coefficient (Wildman–Crippen LogP) is 2.49. The fourth-order valence-electron chi connectivity index (χ4n) is 2.56. The van der Waals surface area contributed by atoms with Crippen molar-refractivity contribution >= 4 is 5.96 Å². The van der Waals surface area contributed by atoms with E-state index in [9.17, 15) is 0 Å². The van der Waals surface area contributed by atoms with Gasteiger partial charge in [0.05, 0.1) is 6.10 Å². The number of hydrogen-bond acceptors (Lipinski definition) is 3. The number of rotatable bonds is 8. The molecule has 1 aliphatic heterocycles. The van der Waals surface area contributed by atoms with Crippen molar-refractivity contribution in [1.29, 1.82) is 0 Å². The highest BCUT2D eigenvalue weighted by molar-refractivity contribution is 5.79. The van der Waals surface area contributed by atoms with Gasteiger partial charge in [0.1, 0.15) is 12.4 Å². The lowest BCUT2D eigenvalue weighted by molar-refractivity contribution is 0.105. The molecule has 0 aromatic heterocycles. The van der Waals surface area contributed by atoms with E-state index >= 15 is 0 Å². The molecular weight excluding hydrogens is 290 g/mol.